The zero-order chi connectivity index (χ0) is 13.3. The standard InChI is InChI=1S/C8H5BF7O.K/c10-7-3-5(17-4-8(11,12)13)1-2-6(7)9(14,15)16;/h1-3H,4H2;/q-1;+1. The van der Waals surface area contributed by atoms with Crippen LogP contribution in [0.2, 0.25) is 0 Å². The minimum absolute atomic E-state index is 0. The molecule has 18 heavy (non-hydrogen) atoms. The van der Waals surface area contributed by atoms with Crippen LogP contribution in [0.5, 0.6) is 5.75 Å². The third kappa shape index (κ3) is 5.91. The van der Waals surface area contributed by atoms with Gasteiger partial charge in [-0.3, -0.25) is 0 Å². The number of rotatable bonds is 3. The molecule has 0 aromatic heterocycles. The average molecular weight is 300 g/mol. The SMILES string of the molecule is Fc1cc(OCC(F)(F)F)ccc1[B-](F)(F)F.[K+]. The maximum absolute atomic E-state index is 12.9. The van der Waals surface area contributed by atoms with Gasteiger partial charge in [0.1, 0.15) is 5.75 Å². The molecule has 0 atom stereocenters. The molecule has 0 amide bonds. The van der Waals surface area contributed by atoms with Crippen molar-refractivity contribution >= 4 is 12.4 Å². The minimum atomic E-state index is -5.53. The van der Waals surface area contributed by atoms with E-state index in [1.165, 1.54) is 0 Å². The predicted octanol–water partition coefficient (Wildman–Crippen LogP) is -0.175. The third-order valence-corrected chi connectivity index (χ3v) is 1.73. The van der Waals surface area contributed by atoms with Gasteiger partial charge in [-0.25, -0.2) is 4.39 Å². The molecule has 96 valence electrons. The summed E-state index contributed by atoms with van der Waals surface area (Å²) in [6, 6.07) is 1.26. The van der Waals surface area contributed by atoms with E-state index in [-0.39, 0.29) is 57.5 Å². The van der Waals surface area contributed by atoms with Crippen molar-refractivity contribution in [1.82, 2.24) is 0 Å². The van der Waals surface area contributed by atoms with Crippen LogP contribution in [0.15, 0.2) is 18.2 Å². The predicted molar refractivity (Wildman–Crippen MR) is 46.7 cm³/mol. The van der Waals surface area contributed by atoms with E-state index in [0.717, 1.165) is 0 Å². The molecule has 0 aliphatic carbocycles. The monoisotopic (exact) mass is 300 g/mol. The van der Waals surface area contributed by atoms with E-state index in [0.29, 0.717) is 12.1 Å². The van der Waals surface area contributed by atoms with E-state index >= 15 is 0 Å². The Bertz CT molecular complexity index is 403. The molecule has 0 saturated heterocycles. The third-order valence-electron chi connectivity index (χ3n) is 1.73. The Morgan fingerprint density at radius 1 is 1.11 bits per heavy atom. The van der Waals surface area contributed by atoms with Gasteiger partial charge < -0.3 is 17.7 Å². The number of hydrogen-bond donors (Lipinski definition) is 0. The first kappa shape index (κ1) is 18.2. The van der Waals surface area contributed by atoms with Crippen molar-refractivity contribution in [3.63, 3.8) is 0 Å². The Labute approximate surface area is 140 Å². The van der Waals surface area contributed by atoms with E-state index in [2.05, 4.69) is 4.74 Å². The van der Waals surface area contributed by atoms with Crippen LogP contribution >= 0.6 is 0 Å². The fourth-order valence-electron chi connectivity index (χ4n) is 1.03. The molecule has 0 bridgehead atoms. The number of hydrogen-bond acceptors (Lipinski definition) is 1. The average Bonchev–Trinajstić information content (AvgIpc) is 2.11. The second kappa shape index (κ2) is 6.60. The van der Waals surface area contributed by atoms with Crippen molar-refractivity contribution in [2.24, 2.45) is 0 Å². The van der Waals surface area contributed by atoms with Gasteiger partial charge >= 0.3 is 64.5 Å². The Kier molecular flexibility index (Phi) is 6.68. The number of alkyl halides is 3. The van der Waals surface area contributed by atoms with Crippen LogP contribution in [-0.4, -0.2) is 19.8 Å². The summed E-state index contributed by atoms with van der Waals surface area (Å²) in [5.74, 6) is -2.26. The van der Waals surface area contributed by atoms with Gasteiger partial charge in [-0.15, -0.1) is 0 Å². The van der Waals surface area contributed by atoms with E-state index in [4.69, 9.17) is 0 Å². The van der Waals surface area contributed by atoms with Gasteiger partial charge in [0.05, 0.1) is 5.82 Å². The summed E-state index contributed by atoms with van der Waals surface area (Å²) in [5.41, 5.74) is -1.50. The van der Waals surface area contributed by atoms with Crippen LogP contribution in [0.1, 0.15) is 0 Å². The molecule has 1 aromatic rings. The van der Waals surface area contributed by atoms with Crippen LogP contribution < -0.4 is 61.6 Å². The van der Waals surface area contributed by atoms with Gasteiger partial charge in [0.15, 0.2) is 6.61 Å². The molecule has 0 aliphatic rings. The minimum Gasteiger partial charge on any atom is -0.484 e. The summed E-state index contributed by atoms with van der Waals surface area (Å²) in [7, 11) is 0. The van der Waals surface area contributed by atoms with E-state index < -0.39 is 36.8 Å². The molecule has 0 heterocycles. The Morgan fingerprint density at radius 3 is 2.06 bits per heavy atom. The maximum atomic E-state index is 12.9. The van der Waals surface area contributed by atoms with Gasteiger partial charge in [-0.1, -0.05) is 11.5 Å². The van der Waals surface area contributed by atoms with Crippen LogP contribution in [-0.2, 0) is 0 Å². The van der Waals surface area contributed by atoms with E-state index in [1.54, 1.807) is 0 Å². The van der Waals surface area contributed by atoms with Gasteiger partial charge in [0, 0.05) is 6.07 Å². The second-order valence-corrected chi connectivity index (χ2v) is 3.16. The van der Waals surface area contributed by atoms with Crippen molar-refractivity contribution in [3.05, 3.63) is 24.0 Å². The smallest absolute Gasteiger partial charge is 0.484 e. The molecule has 0 N–H and O–H groups in total. The summed E-state index contributed by atoms with van der Waals surface area (Å²) in [6.45, 7) is -7.23. The zero-order valence-electron chi connectivity index (χ0n) is 9.07. The summed E-state index contributed by atoms with van der Waals surface area (Å²) in [5, 5.41) is 0. The maximum Gasteiger partial charge on any atom is 1.00 e. The quantitative estimate of drug-likeness (QED) is 0.556. The van der Waals surface area contributed by atoms with Crippen LogP contribution in [0.25, 0.3) is 0 Å². The molecule has 0 saturated carbocycles. The second-order valence-electron chi connectivity index (χ2n) is 3.16. The molecule has 0 spiro atoms. The molecule has 0 fully saturated rings. The molecule has 0 radical (unpaired) electrons. The molecule has 1 nitrogen and oxygen atoms in total. The van der Waals surface area contributed by atoms with Gasteiger partial charge in [0.25, 0.3) is 0 Å². The van der Waals surface area contributed by atoms with Gasteiger partial charge in [0.2, 0.25) is 0 Å². The summed E-state index contributed by atoms with van der Waals surface area (Å²) in [6.07, 6.45) is -4.64. The Balaban J connectivity index is 0.00000289. The van der Waals surface area contributed by atoms with Gasteiger partial charge in [-0.2, -0.15) is 13.2 Å². The number of ether oxygens (including phenoxy) is 1. The molecule has 0 unspecified atom stereocenters. The molecular weight excluding hydrogens is 295 g/mol. The van der Waals surface area contributed by atoms with Crippen molar-refractivity contribution in [3.8, 4) is 5.75 Å². The normalized spacial score (nSPS) is 11.9. The van der Waals surface area contributed by atoms with E-state index in [1.807, 2.05) is 0 Å². The van der Waals surface area contributed by atoms with Crippen LogP contribution in [0.4, 0.5) is 30.5 Å². The summed E-state index contributed by atoms with van der Waals surface area (Å²) in [4.78, 5) is 0. The molecule has 1 rings (SSSR count). The molecule has 10 heteroatoms. The number of halogens is 7. The van der Waals surface area contributed by atoms with Crippen molar-refractivity contribution < 1.29 is 86.6 Å². The Hall–Kier alpha value is 0.231. The van der Waals surface area contributed by atoms with Crippen LogP contribution in [0.3, 0.4) is 0 Å². The van der Waals surface area contributed by atoms with Crippen molar-refractivity contribution in [1.29, 1.82) is 0 Å². The molecule has 1 aromatic carbocycles. The first-order valence-electron chi connectivity index (χ1n) is 4.28. The fourth-order valence-corrected chi connectivity index (χ4v) is 1.03. The van der Waals surface area contributed by atoms with E-state index in [9.17, 15) is 30.5 Å². The molecule has 0 aliphatic heterocycles. The summed E-state index contributed by atoms with van der Waals surface area (Å²) < 4.78 is 88.6. The molecular formula is C8H5BF7KO. The largest absolute Gasteiger partial charge is 1.00 e. The van der Waals surface area contributed by atoms with Crippen molar-refractivity contribution in [2.75, 3.05) is 6.61 Å². The topological polar surface area (TPSA) is 9.23 Å². The van der Waals surface area contributed by atoms with Gasteiger partial charge in [-0.05, 0) is 6.07 Å². The fraction of sp³-hybridized carbons (Fsp3) is 0.250. The van der Waals surface area contributed by atoms with Crippen LogP contribution in [0, 0.1) is 5.82 Å². The summed E-state index contributed by atoms with van der Waals surface area (Å²) >= 11 is 0. The first-order valence-corrected chi connectivity index (χ1v) is 4.28. The zero-order valence-corrected chi connectivity index (χ0v) is 12.2. The first-order chi connectivity index (χ1) is 7.59. The number of benzene rings is 1. The Morgan fingerprint density at radius 2 is 1.67 bits per heavy atom. The van der Waals surface area contributed by atoms with Crippen molar-refractivity contribution in [2.45, 2.75) is 6.18 Å².